The molecule has 150 valence electrons. The molecule has 1 aromatic heterocycles. The van der Waals surface area contributed by atoms with Crippen LogP contribution >= 0.6 is 0 Å². The molecule has 30 heavy (non-hydrogen) atoms. The summed E-state index contributed by atoms with van der Waals surface area (Å²) >= 11 is 0. The van der Waals surface area contributed by atoms with Gasteiger partial charge in [0, 0.05) is 11.1 Å². The van der Waals surface area contributed by atoms with Crippen molar-refractivity contribution in [1.82, 2.24) is 9.97 Å². The van der Waals surface area contributed by atoms with Crippen molar-refractivity contribution < 1.29 is 14.2 Å². The van der Waals surface area contributed by atoms with Crippen LogP contribution in [0.5, 0.6) is 17.2 Å². The molecular weight excluding hydrogens is 376 g/mol. The second-order valence-electron chi connectivity index (χ2n) is 6.56. The van der Waals surface area contributed by atoms with Gasteiger partial charge in [-0.25, -0.2) is 9.97 Å². The summed E-state index contributed by atoms with van der Waals surface area (Å²) in [5, 5.41) is 0. The van der Waals surface area contributed by atoms with Crippen molar-refractivity contribution in [1.29, 1.82) is 0 Å². The summed E-state index contributed by atoms with van der Waals surface area (Å²) in [6.07, 6.45) is 0. The molecule has 0 N–H and O–H groups in total. The fourth-order valence-corrected chi connectivity index (χ4v) is 3.39. The van der Waals surface area contributed by atoms with Gasteiger partial charge in [0.1, 0.15) is 17.2 Å². The van der Waals surface area contributed by atoms with Gasteiger partial charge in [0.15, 0.2) is 5.82 Å². The molecular formula is C25H22N2O3. The minimum absolute atomic E-state index is 0.566. The Labute approximate surface area is 175 Å². The number of rotatable bonds is 6. The lowest BCUT2D eigenvalue weighted by Gasteiger charge is -2.14. The molecule has 1 heterocycles. The van der Waals surface area contributed by atoms with E-state index in [1.807, 2.05) is 78.9 Å². The van der Waals surface area contributed by atoms with E-state index in [1.165, 1.54) is 0 Å². The quantitative estimate of drug-likeness (QED) is 0.429. The van der Waals surface area contributed by atoms with Gasteiger partial charge in [-0.1, -0.05) is 36.4 Å². The van der Waals surface area contributed by atoms with E-state index >= 15 is 0 Å². The second-order valence-corrected chi connectivity index (χ2v) is 6.56. The summed E-state index contributed by atoms with van der Waals surface area (Å²) in [7, 11) is 4.95. The molecule has 0 aliphatic carbocycles. The monoisotopic (exact) mass is 398 g/mol. The maximum Gasteiger partial charge on any atom is 0.164 e. The van der Waals surface area contributed by atoms with Crippen LogP contribution in [0, 0.1) is 0 Å². The van der Waals surface area contributed by atoms with E-state index in [-0.39, 0.29) is 0 Å². The molecule has 0 fully saturated rings. The predicted octanol–water partition coefficient (Wildman–Crippen LogP) is 5.50. The first kappa shape index (κ1) is 19.5. The Hall–Kier alpha value is -3.86. The van der Waals surface area contributed by atoms with Crippen LogP contribution < -0.4 is 14.2 Å². The van der Waals surface area contributed by atoms with Crippen LogP contribution in [-0.4, -0.2) is 31.3 Å². The summed E-state index contributed by atoms with van der Waals surface area (Å²) in [6.45, 7) is 0. The Morgan fingerprint density at radius 2 is 0.867 bits per heavy atom. The summed E-state index contributed by atoms with van der Waals surface area (Å²) in [4.78, 5) is 9.72. The number of benzene rings is 3. The van der Waals surface area contributed by atoms with Crippen LogP contribution in [0.15, 0.2) is 78.9 Å². The minimum Gasteiger partial charge on any atom is -0.496 e. The fraction of sp³-hybridized carbons (Fsp3) is 0.120. The number of para-hydroxylation sites is 3. The van der Waals surface area contributed by atoms with E-state index in [4.69, 9.17) is 24.2 Å². The van der Waals surface area contributed by atoms with Crippen molar-refractivity contribution in [2.75, 3.05) is 21.3 Å². The molecule has 3 aromatic carbocycles. The summed E-state index contributed by atoms with van der Waals surface area (Å²) in [6, 6.07) is 25.3. The third-order valence-corrected chi connectivity index (χ3v) is 4.84. The number of ether oxygens (including phenoxy) is 3. The largest absolute Gasteiger partial charge is 0.496 e. The van der Waals surface area contributed by atoms with Crippen molar-refractivity contribution in [3.05, 3.63) is 78.9 Å². The van der Waals surface area contributed by atoms with Gasteiger partial charge in [0.2, 0.25) is 0 Å². The Bertz CT molecular complexity index is 1020. The molecule has 0 unspecified atom stereocenters. The molecule has 4 aromatic rings. The first-order valence-electron chi connectivity index (χ1n) is 9.54. The van der Waals surface area contributed by atoms with Crippen LogP contribution in [0.4, 0.5) is 0 Å². The highest BCUT2D eigenvalue weighted by Gasteiger charge is 2.17. The first-order chi connectivity index (χ1) is 14.7. The fourth-order valence-electron chi connectivity index (χ4n) is 3.39. The van der Waals surface area contributed by atoms with Gasteiger partial charge in [0.05, 0.1) is 38.3 Å². The zero-order valence-electron chi connectivity index (χ0n) is 17.1. The molecule has 0 saturated carbocycles. The molecule has 0 saturated heterocycles. The normalized spacial score (nSPS) is 10.5. The number of hydrogen-bond acceptors (Lipinski definition) is 5. The molecule has 5 heteroatoms. The average molecular weight is 398 g/mol. The molecule has 0 atom stereocenters. The third-order valence-electron chi connectivity index (χ3n) is 4.84. The zero-order chi connectivity index (χ0) is 20.9. The summed E-state index contributed by atoms with van der Waals surface area (Å²) in [5.74, 6) is 2.76. The van der Waals surface area contributed by atoms with Crippen molar-refractivity contribution in [2.45, 2.75) is 0 Å². The number of hydrogen-bond donors (Lipinski definition) is 0. The first-order valence-corrected chi connectivity index (χ1v) is 9.54. The molecule has 0 spiro atoms. The van der Waals surface area contributed by atoms with E-state index in [9.17, 15) is 0 Å². The molecule has 4 rings (SSSR count). The summed E-state index contributed by atoms with van der Waals surface area (Å²) < 4.78 is 16.7. The van der Waals surface area contributed by atoms with Crippen LogP contribution in [0.25, 0.3) is 33.9 Å². The molecule has 5 nitrogen and oxygen atoms in total. The van der Waals surface area contributed by atoms with Crippen molar-refractivity contribution in [3.8, 4) is 51.2 Å². The average Bonchev–Trinajstić information content (AvgIpc) is 2.83. The highest BCUT2D eigenvalue weighted by molar-refractivity contribution is 5.78. The van der Waals surface area contributed by atoms with E-state index in [0.717, 1.165) is 39.6 Å². The van der Waals surface area contributed by atoms with Gasteiger partial charge in [-0.3, -0.25) is 0 Å². The molecule has 0 aliphatic heterocycles. The lowest BCUT2D eigenvalue weighted by atomic mass is 10.0. The van der Waals surface area contributed by atoms with Crippen molar-refractivity contribution in [2.24, 2.45) is 0 Å². The van der Waals surface area contributed by atoms with Gasteiger partial charge < -0.3 is 14.2 Å². The topological polar surface area (TPSA) is 53.5 Å². The Balaban J connectivity index is 2.00. The van der Waals surface area contributed by atoms with Gasteiger partial charge in [-0.15, -0.1) is 0 Å². The predicted molar refractivity (Wildman–Crippen MR) is 118 cm³/mol. The lowest BCUT2D eigenvalue weighted by Crippen LogP contribution is -1.99. The van der Waals surface area contributed by atoms with Crippen LogP contribution in [0.1, 0.15) is 0 Å². The van der Waals surface area contributed by atoms with Crippen LogP contribution in [0.3, 0.4) is 0 Å². The van der Waals surface area contributed by atoms with Crippen LogP contribution in [-0.2, 0) is 0 Å². The van der Waals surface area contributed by atoms with Crippen LogP contribution in [0.2, 0.25) is 0 Å². The smallest absolute Gasteiger partial charge is 0.164 e. The lowest BCUT2D eigenvalue weighted by molar-refractivity contribution is 0.416. The van der Waals surface area contributed by atoms with E-state index in [1.54, 1.807) is 21.3 Å². The third kappa shape index (κ3) is 3.70. The standard InChI is InChI=1S/C25H22N2O3/c1-28-22-13-7-4-10-17(22)20-16-21(18-11-5-8-14-23(18)29-2)27-25(26-20)19-12-6-9-15-24(19)30-3/h4-16H,1-3H3. The highest BCUT2D eigenvalue weighted by atomic mass is 16.5. The molecule has 0 amide bonds. The maximum absolute atomic E-state index is 5.57. The van der Waals surface area contributed by atoms with Gasteiger partial charge in [-0.2, -0.15) is 0 Å². The Morgan fingerprint density at radius 3 is 1.30 bits per heavy atom. The number of nitrogens with zero attached hydrogens (tertiary/aromatic N) is 2. The Kier molecular flexibility index (Phi) is 5.61. The zero-order valence-corrected chi connectivity index (χ0v) is 17.1. The van der Waals surface area contributed by atoms with Gasteiger partial charge >= 0.3 is 0 Å². The Morgan fingerprint density at radius 1 is 0.500 bits per heavy atom. The van der Waals surface area contributed by atoms with E-state index in [2.05, 4.69) is 0 Å². The molecule has 0 radical (unpaired) electrons. The number of methoxy groups -OCH3 is 3. The second kappa shape index (κ2) is 8.66. The molecule has 0 aliphatic rings. The van der Waals surface area contributed by atoms with Gasteiger partial charge in [-0.05, 0) is 42.5 Å². The minimum atomic E-state index is 0.566. The van der Waals surface area contributed by atoms with Crippen molar-refractivity contribution in [3.63, 3.8) is 0 Å². The maximum atomic E-state index is 5.57. The number of aromatic nitrogens is 2. The highest BCUT2D eigenvalue weighted by Crippen LogP contribution is 2.36. The van der Waals surface area contributed by atoms with E-state index in [0.29, 0.717) is 11.6 Å². The van der Waals surface area contributed by atoms with E-state index < -0.39 is 0 Å². The SMILES string of the molecule is COc1ccccc1-c1cc(-c2ccccc2OC)nc(-c2ccccc2OC)n1. The summed E-state index contributed by atoms with van der Waals surface area (Å²) in [5.41, 5.74) is 4.09. The van der Waals surface area contributed by atoms with Crippen molar-refractivity contribution >= 4 is 0 Å². The van der Waals surface area contributed by atoms with Gasteiger partial charge in [0.25, 0.3) is 0 Å². The molecule has 0 bridgehead atoms.